The van der Waals surface area contributed by atoms with E-state index >= 15 is 0 Å². The smallest absolute Gasteiger partial charge is 0.347 e. The van der Waals surface area contributed by atoms with Crippen LogP contribution in [0.3, 0.4) is 0 Å². The van der Waals surface area contributed by atoms with Crippen molar-refractivity contribution in [3.8, 4) is 23.0 Å². The third-order valence-electron chi connectivity index (χ3n) is 4.44. The van der Waals surface area contributed by atoms with Gasteiger partial charge < -0.3 is 28.5 Å². The molecule has 0 aliphatic carbocycles. The van der Waals surface area contributed by atoms with Crippen LogP contribution >= 0.6 is 11.6 Å². The van der Waals surface area contributed by atoms with Crippen molar-refractivity contribution in [2.45, 2.75) is 20.0 Å². The number of carbonyl (C=O) groups is 1. The molecule has 0 spiro atoms. The third kappa shape index (κ3) is 4.71. The molecule has 0 N–H and O–H groups in total. The Hall–Kier alpha value is -3.13. The highest BCUT2D eigenvalue weighted by Crippen LogP contribution is 2.38. The summed E-state index contributed by atoms with van der Waals surface area (Å²) in [6, 6.07) is 8.87. The van der Waals surface area contributed by atoms with Crippen LogP contribution in [0.1, 0.15) is 24.5 Å². The minimum Gasteiger partial charge on any atom is -0.489 e. The summed E-state index contributed by atoms with van der Waals surface area (Å²) < 4.78 is 27.1. The van der Waals surface area contributed by atoms with Gasteiger partial charge in [-0.25, -0.2) is 4.79 Å². The second kappa shape index (κ2) is 9.13. The lowest BCUT2D eigenvalue weighted by molar-refractivity contribution is -0.150. The Balaban J connectivity index is 1.28. The number of oxime groups is 1. The fourth-order valence-corrected chi connectivity index (χ4v) is 3.22. The van der Waals surface area contributed by atoms with Crippen molar-refractivity contribution in [3.63, 3.8) is 0 Å². The van der Waals surface area contributed by atoms with Gasteiger partial charge >= 0.3 is 5.97 Å². The molecule has 0 amide bonds. The number of fused-ring (bicyclic) bond motifs is 2. The number of hydrogen-bond acceptors (Lipinski definition) is 8. The highest BCUT2D eigenvalue weighted by molar-refractivity contribution is 6.32. The first-order chi connectivity index (χ1) is 14.6. The van der Waals surface area contributed by atoms with Crippen molar-refractivity contribution in [3.05, 3.63) is 46.5 Å². The lowest BCUT2D eigenvalue weighted by Gasteiger charge is -2.11. The largest absolute Gasteiger partial charge is 0.489 e. The van der Waals surface area contributed by atoms with E-state index in [4.69, 9.17) is 40.1 Å². The van der Waals surface area contributed by atoms with Gasteiger partial charge in [0.25, 0.3) is 0 Å². The summed E-state index contributed by atoms with van der Waals surface area (Å²) >= 11 is 6.24. The molecule has 0 aromatic heterocycles. The van der Waals surface area contributed by atoms with Crippen LogP contribution in [0.15, 0.2) is 35.5 Å². The number of halogens is 1. The number of esters is 1. The Labute approximate surface area is 178 Å². The van der Waals surface area contributed by atoms with Gasteiger partial charge in [0, 0.05) is 12.0 Å². The zero-order chi connectivity index (χ0) is 20.9. The lowest BCUT2D eigenvalue weighted by atomic mass is 10.1. The van der Waals surface area contributed by atoms with Crippen LogP contribution in [0.5, 0.6) is 23.0 Å². The van der Waals surface area contributed by atoms with E-state index in [1.54, 1.807) is 31.2 Å². The van der Waals surface area contributed by atoms with Crippen LogP contribution in [-0.2, 0) is 21.0 Å². The molecule has 9 heteroatoms. The summed E-state index contributed by atoms with van der Waals surface area (Å²) in [5, 5.41) is 4.38. The summed E-state index contributed by atoms with van der Waals surface area (Å²) in [6.45, 7) is 2.77. The van der Waals surface area contributed by atoms with E-state index in [0.29, 0.717) is 52.5 Å². The van der Waals surface area contributed by atoms with Gasteiger partial charge in [-0.05, 0) is 42.8 Å². The van der Waals surface area contributed by atoms with Crippen molar-refractivity contribution >= 4 is 23.3 Å². The Morgan fingerprint density at radius 1 is 1.07 bits per heavy atom. The molecular weight excluding hydrogens is 414 g/mol. The summed E-state index contributed by atoms with van der Waals surface area (Å²) in [5.74, 6) is 1.84. The second-order valence-electron chi connectivity index (χ2n) is 6.63. The molecule has 0 saturated carbocycles. The maximum absolute atomic E-state index is 12.0. The first kappa shape index (κ1) is 20.2. The molecule has 0 fully saturated rings. The summed E-state index contributed by atoms with van der Waals surface area (Å²) in [7, 11) is 0. The van der Waals surface area contributed by atoms with Crippen LogP contribution in [-0.4, -0.2) is 38.3 Å². The number of hydrogen-bond donors (Lipinski definition) is 0. The number of ether oxygens (including phenoxy) is 5. The minimum absolute atomic E-state index is 0.0312. The number of benzene rings is 2. The topological polar surface area (TPSA) is 84.8 Å². The quantitative estimate of drug-likeness (QED) is 0.390. The number of nitrogens with zero attached hydrogens (tertiary/aromatic N) is 1. The molecule has 2 heterocycles. The Kier molecular flexibility index (Phi) is 6.13. The Bertz CT molecular complexity index is 976. The number of rotatable bonds is 6. The van der Waals surface area contributed by atoms with Gasteiger partial charge in [-0.1, -0.05) is 16.8 Å². The SMILES string of the molecule is C/C(=N\OCC(=O)OCc1cc(Cl)c2c(c1)OCCCO2)c1ccc2c(c1)OCO2. The van der Waals surface area contributed by atoms with E-state index in [0.717, 1.165) is 12.0 Å². The third-order valence-corrected chi connectivity index (χ3v) is 4.72. The second-order valence-corrected chi connectivity index (χ2v) is 7.04. The van der Waals surface area contributed by atoms with Crippen molar-refractivity contribution < 1.29 is 33.3 Å². The van der Waals surface area contributed by atoms with E-state index < -0.39 is 5.97 Å². The molecule has 0 atom stereocenters. The van der Waals surface area contributed by atoms with Gasteiger partial charge in [0.15, 0.2) is 23.0 Å². The summed E-state index contributed by atoms with van der Waals surface area (Å²) in [4.78, 5) is 17.1. The Morgan fingerprint density at radius 2 is 1.90 bits per heavy atom. The molecule has 30 heavy (non-hydrogen) atoms. The van der Waals surface area contributed by atoms with Gasteiger partial charge in [-0.3, -0.25) is 0 Å². The monoisotopic (exact) mass is 433 g/mol. The standard InChI is InChI=1S/C21H20ClNO7/c1-13(15-3-4-17-18(9-15)29-12-28-17)23-30-11-20(24)27-10-14-7-16(22)21-19(8-14)25-5-2-6-26-21/h3-4,7-9H,2,5-6,10-12H2,1H3/b23-13+. The van der Waals surface area contributed by atoms with E-state index in [1.807, 2.05) is 6.07 Å². The summed E-state index contributed by atoms with van der Waals surface area (Å²) in [6.07, 6.45) is 0.777. The molecule has 2 aliphatic heterocycles. The van der Waals surface area contributed by atoms with Crippen LogP contribution in [0.25, 0.3) is 0 Å². The van der Waals surface area contributed by atoms with E-state index in [9.17, 15) is 4.79 Å². The molecular formula is C21H20ClNO7. The molecule has 2 aliphatic rings. The normalized spacial score (nSPS) is 14.8. The first-order valence-electron chi connectivity index (χ1n) is 9.40. The fourth-order valence-electron chi connectivity index (χ4n) is 2.93. The van der Waals surface area contributed by atoms with Crippen molar-refractivity contribution in [2.75, 3.05) is 26.6 Å². The van der Waals surface area contributed by atoms with Gasteiger partial charge in [0.2, 0.25) is 13.4 Å². The van der Waals surface area contributed by atoms with E-state index in [-0.39, 0.29) is 20.0 Å². The molecule has 0 saturated heterocycles. The van der Waals surface area contributed by atoms with Crippen LogP contribution in [0, 0.1) is 0 Å². The Morgan fingerprint density at radius 3 is 2.80 bits per heavy atom. The highest BCUT2D eigenvalue weighted by atomic mass is 35.5. The van der Waals surface area contributed by atoms with Crippen molar-refractivity contribution in [1.82, 2.24) is 0 Å². The van der Waals surface area contributed by atoms with Crippen LogP contribution in [0.2, 0.25) is 5.02 Å². The lowest BCUT2D eigenvalue weighted by Crippen LogP contribution is -2.11. The molecule has 0 radical (unpaired) electrons. The van der Waals surface area contributed by atoms with E-state index in [1.165, 1.54) is 0 Å². The van der Waals surface area contributed by atoms with E-state index in [2.05, 4.69) is 5.16 Å². The fraction of sp³-hybridized carbons (Fsp3) is 0.333. The maximum atomic E-state index is 12.0. The summed E-state index contributed by atoms with van der Waals surface area (Å²) in [5.41, 5.74) is 2.09. The van der Waals surface area contributed by atoms with Crippen LogP contribution in [0.4, 0.5) is 0 Å². The zero-order valence-corrected chi connectivity index (χ0v) is 17.1. The van der Waals surface area contributed by atoms with Gasteiger partial charge in [-0.15, -0.1) is 0 Å². The molecule has 0 bridgehead atoms. The van der Waals surface area contributed by atoms with Crippen molar-refractivity contribution in [1.29, 1.82) is 0 Å². The van der Waals surface area contributed by atoms with Gasteiger partial charge in [-0.2, -0.15) is 0 Å². The van der Waals surface area contributed by atoms with Gasteiger partial charge in [0.05, 0.1) is 23.9 Å². The average Bonchev–Trinajstić information content (AvgIpc) is 3.08. The molecule has 8 nitrogen and oxygen atoms in total. The predicted molar refractivity (Wildman–Crippen MR) is 108 cm³/mol. The zero-order valence-electron chi connectivity index (χ0n) is 16.3. The highest BCUT2D eigenvalue weighted by Gasteiger charge is 2.17. The number of carbonyl (C=O) groups excluding carboxylic acids is 1. The molecule has 2 aromatic rings. The molecule has 0 unspecified atom stereocenters. The first-order valence-corrected chi connectivity index (χ1v) is 9.78. The molecule has 2 aromatic carbocycles. The maximum Gasteiger partial charge on any atom is 0.347 e. The molecule has 158 valence electrons. The minimum atomic E-state index is -0.555. The predicted octanol–water partition coefficient (Wildman–Crippen LogP) is 3.71. The van der Waals surface area contributed by atoms with Crippen LogP contribution < -0.4 is 18.9 Å². The average molecular weight is 434 g/mol. The molecule has 4 rings (SSSR count). The van der Waals surface area contributed by atoms with Gasteiger partial charge in [0.1, 0.15) is 6.61 Å². The van der Waals surface area contributed by atoms with Crippen molar-refractivity contribution in [2.24, 2.45) is 5.16 Å².